The fraction of sp³-hybridized carbons (Fsp3) is 0.300. The van der Waals surface area contributed by atoms with Gasteiger partial charge in [-0.05, 0) is 65.1 Å². The number of hydrogen-bond donors (Lipinski definition) is 1. The smallest absolute Gasteiger partial charge is 0.292 e. The number of amides is 2. The van der Waals surface area contributed by atoms with Crippen molar-refractivity contribution in [3.63, 3.8) is 0 Å². The minimum Gasteiger partial charge on any atom is -0.360 e. The normalized spacial score (nSPS) is 20.9. The maximum Gasteiger partial charge on any atom is 0.292 e. The molecule has 1 atom stereocenters. The maximum atomic E-state index is 13.0. The summed E-state index contributed by atoms with van der Waals surface area (Å²) in [6.45, 7) is 3.19. The molecule has 1 N–H and O–H groups in total. The van der Waals surface area contributed by atoms with E-state index in [1.54, 1.807) is 6.07 Å². The third-order valence-electron chi connectivity index (χ3n) is 5.40. The Morgan fingerprint density at radius 3 is 2.21 bits per heavy atom. The molecule has 0 spiro atoms. The molecule has 8 heteroatoms. The number of nitrogens with one attached hydrogen (secondary N) is 1. The average Bonchev–Trinajstić information content (AvgIpc) is 2.99. The first kappa shape index (κ1) is 19.9. The van der Waals surface area contributed by atoms with Gasteiger partial charge in [0.2, 0.25) is 5.91 Å². The summed E-state index contributed by atoms with van der Waals surface area (Å²) in [6, 6.07) is 12.8. The number of nitrogens with zero attached hydrogens (tertiary/aromatic N) is 2. The molecule has 0 bridgehead atoms. The fourth-order valence-electron chi connectivity index (χ4n) is 3.89. The largest absolute Gasteiger partial charge is 0.360 e. The fourth-order valence-corrected chi connectivity index (χ4v) is 4.55. The second-order valence-corrected chi connectivity index (χ2v) is 9.10. The van der Waals surface area contributed by atoms with Crippen LogP contribution in [0.25, 0.3) is 0 Å². The van der Waals surface area contributed by atoms with E-state index >= 15 is 0 Å². The number of hydrogen-bond acceptors (Lipinski definition) is 3. The van der Waals surface area contributed by atoms with Gasteiger partial charge in [-0.15, -0.1) is 0 Å². The molecule has 2 amide bonds. The van der Waals surface area contributed by atoms with Gasteiger partial charge in [0.15, 0.2) is 6.04 Å². The molecular weight excluding hydrogens is 512 g/mol. The lowest BCUT2D eigenvalue weighted by Gasteiger charge is -2.35. The highest BCUT2D eigenvalue weighted by Crippen LogP contribution is 2.27. The van der Waals surface area contributed by atoms with Gasteiger partial charge in [-0.3, -0.25) is 9.59 Å². The first-order valence-electron chi connectivity index (χ1n) is 9.11. The quantitative estimate of drug-likeness (QED) is 0.490. The Morgan fingerprint density at radius 1 is 0.929 bits per heavy atom. The zero-order chi connectivity index (χ0) is 19.8. The van der Waals surface area contributed by atoms with Crippen molar-refractivity contribution in [3.05, 3.63) is 56.1 Å². The second kappa shape index (κ2) is 8.18. The molecular formula is C20H19Cl2IN3O2+. The third-order valence-corrected chi connectivity index (χ3v) is 6.86. The van der Waals surface area contributed by atoms with Gasteiger partial charge in [-0.25, -0.2) is 4.90 Å². The summed E-state index contributed by atoms with van der Waals surface area (Å²) in [6.07, 6.45) is 0.271. The van der Waals surface area contributed by atoms with Crippen LogP contribution in [-0.4, -0.2) is 44.0 Å². The molecule has 4 rings (SSSR count). The summed E-state index contributed by atoms with van der Waals surface area (Å²) in [5.41, 5.74) is 1.69. The monoisotopic (exact) mass is 530 g/mol. The number of quaternary nitrogens is 1. The van der Waals surface area contributed by atoms with E-state index < -0.39 is 0 Å². The standard InChI is InChI=1S/C20H18Cl2IN3O2/c21-16-6-5-15(11-17(16)22)24-7-9-25(10-8-24)18-12-19(27)26(20(18)28)14-3-1-13(23)2-4-14/h1-6,11,18H,7-10,12H2/p+1/t18-/m1/s1. The van der Waals surface area contributed by atoms with Gasteiger partial charge in [-0.1, -0.05) is 23.2 Å². The molecule has 2 aromatic rings. The van der Waals surface area contributed by atoms with E-state index in [1.807, 2.05) is 36.4 Å². The summed E-state index contributed by atoms with van der Waals surface area (Å²) >= 11 is 14.3. The summed E-state index contributed by atoms with van der Waals surface area (Å²) in [4.78, 5) is 30.3. The Balaban J connectivity index is 1.43. The first-order valence-corrected chi connectivity index (χ1v) is 10.9. The third kappa shape index (κ3) is 3.87. The summed E-state index contributed by atoms with van der Waals surface area (Å²) < 4.78 is 1.07. The molecule has 2 aliphatic heterocycles. The van der Waals surface area contributed by atoms with Crippen LogP contribution in [0.2, 0.25) is 10.0 Å². The molecule has 0 unspecified atom stereocenters. The van der Waals surface area contributed by atoms with Gasteiger partial charge in [-0.2, -0.15) is 0 Å². The summed E-state index contributed by atoms with van der Waals surface area (Å²) in [5, 5.41) is 1.08. The SMILES string of the molecule is O=C1C[C@@H]([NH+]2CCN(c3ccc(Cl)c(Cl)c3)CC2)C(=O)N1c1ccc(I)cc1. The predicted molar refractivity (Wildman–Crippen MR) is 119 cm³/mol. The zero-order valence-electron chi connectivity index (χ0n) is 15.0. The summed E-state index contributed by atoms with van der Waals surface area (Å²) in [5.74, 6) is -0.209. The van der Waals surface area contributed by atoms with Gasteiger partial charge in [0, 0.05) is 9.26 Å². The van der Waals surface area contributed by atoms with Gasteiger partial charge >= 0.3 is 0 Å². The lowest BCUT2D eigenvalue weighted by Crippen LogP contribution is -3.19. The molecule has 0 aromatic heterocycles. The Bertz CT molecular complexity index is 914. The van der Waals surface area contributed by atoms with Crippen molar-refractivity contribution in [2.45, 2.75) is 12.5 Å². The van der Waals surface area contributed by atoms with Crippen LogP contribution < -0.4 is 14.7 Å². The van der Waals surface area contributed by atoms with E-state index in [1.165, 1.54) is 9.80 Å². The molecule has 0 saturated carbocycles. The van der Waals surface area contributed by atoms with Crippen LogP contribution in [0.3, 0.4) is 0 Å². The van der Waals surface area contributed by atoms with Crippen LogP contribution >= 0.6 is 45.8 Å². The molecule has 28 heavy (non-hydrogen) atoms. The lowest BCUT2D eigenvalue weighted by molar-refractivity contribution is -0.915. The van der Waals surface area contributed by atoms with Crippen molar-refractivity contribution in [2.24, 2.45) is 0 Å². The van der Waals surface area contributed by atoms with Crippen molar-refractivity contribution in [2.75, 3.05) is 36.0 Å². The Hall–Kier alpha value is -1.35. The minimum absolute atomic E-state index is 0.0933. The molecule has 0 radical (unpaired) electrons. The van der Waals surface area contributed by atoms with Crippen molar-refractivity contribution in [1.82, 2.24) is 0 Å². The van der Waals surface area contributed by atoms with Crippen molar-refractivity contribution < 1.29 is 14.5 Å². The van der Waals surface area contributed by atoms with E-state index in [2.05, 4.69) is 27.5 Å². The number of benzene rings is 2. The number of carbonyl (C=O) groups excluding carboxylic acids is 2. The van der Waals surface area contributed by atoms with E-state index in [0.29, 0.717) is 15.7 Å². The number of piperazine rings is 1. The van der Waals surface area contributed by atoms with Crippen molar-refractivity contribution in [3.8, 4) is 0 Å². The molecule has 2 aromatic carbocycles. The molecule has 5 nitrogen and oxygen atoms in total. The molecule has 2 saturated heterocycles. The predicted octanol–water partition coefficient (Wildman–Crippen LogP) is 2.64. The number of anilines is 2. The van der Waals surface area contributed by atoms with Gasteiger partial charge < -0.3 is 9.80 Å². The van der Waals surface area contributed by atoms with Crippen LogP contribution in [0, 0.1) is 3.57 Å². The molecule has 2 fully saturated rings. The highest BCUT2D eigenvalue weighted by Gasteiger charge is 2.46. The lowest BCUT2D eigenvalue weighted by atomic mass is 10.1. The van der Waals surface area contributed by atoms with Gasteiger partial charge in [0.05, 0.1) is 48.3 Å². The Kier molecular flexibility index (Phi) is 5.83. The minimum atomic E-state index is -0.303. The number of carbonyl (C=O) groups is 2. The van der Waals surface area contributed by atoms with Crippen molar-refractivity contribution in [1.29, 1.82) is 0 Å². The molecule has 146 valence electrons. The van der Waals surface area contributed by atoms with E-state index in [0.717, 1.165) is 35.4 Å². The first-order chi connectivity index (χ1) is 13.4. The number of rotatable bonds is 3. The van der Waals surface area contributed by atoms with Crippen LogP contribution in [0.15, 0.2) is 42.5 Å². The highest BCUT2D eigenvalue weighted by atomic mass is 127. The highest BCUT2D eigenvalue weighted by molar-refractivity contribution is 14.1. The van der Waals surface area contributed by atoms with Crippen LogP contribution in [0.5, 0.6) is 0 Å². The molecule has 2 aliphatic rings. The maximum absolute atomic E-state index is 13.0. The van der Waals surface area contributed by atoms with Gasteiger partial charge in [0.25, 0.3) is 5.91 Å². The van der Waals surface area contributed by atoms with E-state index in [4.69, 9.17) is 23.2 Å². The number of halogens is 3. The van der Waals surface area contributed by atoms with E-state index in [9.17, 15) is 9.59 Å². The molecule has 2 heterocycles. The Labute approximate surface area is 187 Å². The van der Waals surface area contributed by atoms with Crippen molar-refractivity contribution >= 4 is 69.0 Å². The van der Waals surface area contributed by atoms with Crippen LogP contribution in [0.4, 0.5) is 11.4 Å². The van der Waals surface area contributed by atoms with E-state index in [-0.39, 0.29) is 24.3 Å². The zero-order valence-corrected chi connectivity index (χ0v) is 18.7. The van der Waals surface area contributed by atoms with Crippen LogP contribution in [0.1, 0.15) is 6.42 Å². The molecule has 0 aliphatic carbocycles. The van der Waals surface area contributed by atoms with Crippen LogP contribution in [-0.2, 0) is 9.59 Å². The number of imide groups is 1. The topological polar surface area (TPSA) is 45.1 Å². The second-order valence-electron chi connectivity index (χ2n) is 7.04. The van der Waals surface area contributed by atoms with Gasteiger partial charge in [0.1, 0.15) is 0 Å². The summed E-state index contributed by atoms with van der Waals surface area (Å²) in [7, 11) is 0. The Morgan fingerprint density at radius 2 is 1.57 bits per heavy atom. The average molecular weight is 531 g/mol.